The highest BCUT2D eigenvalue weighted by Gasteiger charge is 2.34. The maximum absolute atomic E-state index is 4.71. The topological polar surface area (TPSA) is 15.6 Å². The molecule has 0 spiro atoms. The molecule has 0 saturated heterocycles. The van der Waals surface area contributed by atoms with E-state index in [1.807, 2.05) is 0 Å². The summed E-state index contributed by atoms with van der Waals surface area (Å²) in [6, 6.07) is 1.39. The predicted octanol–water partition coefficient (Wildman–Crippen LogP) is 2.05. The Morgan fingerprint density at radius 3 is 2.92 bits per heavy atom. The van der Waals surface area contributed by atoms with Gasteiger partial charge in [-0.3, -0.25) is 4.99 Å². The smallest absolute Gasteiger partial charge is 0.0965 e. The van der Waals surface area contributed by atoms with E-state index in [4.69, 9.17) is 4.99 Å². The maximum atomic E-state index is 4.71. The molecule has 2 rings (SSSR count). The van der Waals surface area contributed by atoms with Gasteiger partial charge in [0.05, 0.1) is 17.9 Å². The summed E-state index contributed by atoms with van der Waals surface area (Å²) in [5.74, 6) is 1.27. The third-order valence-electron chi connectivity index (χ3n) is 3.20. The van der Waals surface area contributed by atoms with Gasteiger partial charge < -0.3 is 4.90 Å². The van der Waals surface area contributed by atoms with Gasteiger partial charge in [-0.15, -0.1) is 0 Å². The van der Waals surface area contributed by atoms with Crippen LogP contribution in [0.4, 0.5) is 0 Å². The standard InChI is InChI=1S/C10H18N2/c1-3-12-8(2)11-9-6-4-5-7-10(9)12/h9-10H,3-7H2,1-2H3. The van der Waals surface area contributed by atoms with Crippen molar-refractivity contribution in [2.24, 2.45) is 4.99 Å². The SMILES string of the molecule is CCN1C(C)=NC2CCCCC21. The molecule has 0 radical (unpaired) electrons. The van der Waals surface area contributed by atoms with Gasteiger partial charge in [0.25, 0.3) is 0 Å². The second-order valence-electron chi connectivity index (χ2n) is 3.88. The zero-order valence-electron chi connectivity index (χ0n) is 8.08. The van der Waals surface area contributed by atoms with Gasteiger partial charge in [0.2, 0.25) is 0 Å². The fourth-order valence-electron chi connectivity index (χ4n) is 2.62. The van der Waals surface area contributed by atoms with Crippen LogP contribution in [0.15, 0.2) is 4.99 Å². The lowest BCUT2D eigenvalue weighted by Gasteiger charge is -2.31. The fraction of sp³-hybridized carbons (Fsp3) is 0.900. The first-order valence-electron chi connectivity index (χ1n) is 5.14. The second kappa shape index (κ2) is 3.08. The molecule has 0 aromatic rings. The minimum absolute atomic E-state index is 0.638. The molecule has 0 bridgehead atoms. The number of hydrogen-bond acceptors (Lipinski definition) is 2. The van der Waals surface area contributed by atoms with Crippen LogP contribution in [0.1, 0.15) is 39.5 Å². The molecule has 0 aromatic heterocycles. The van der Waals surface area contributed by atoms with Crippen LogP contribution in [-0.2, 0) is 0 Å². The first-order chi connectivity index (χ1) is 5.83. The molecule has 0 aromatic carbocycles. The number of nitrogens with zero attached hydrogens (tertiary/aromatic N) is 2. The number of aliphatic imine (C=N–C) groups is 1. The molecule has 2 aliphatic rings. The molecule has 2 nitrogen and oxygen atoms in total. The lowest BCUT2D eigenvalue weighted by atomic mass is 9.91. The summed E-state index contributed by atoms with van der Waals surface area (Å²) in [5, 5.41) is 0. The lowest BCUT2D eigenvalue weighted by Crippen LogP contribution is -2.40. The summed E-state index contributed by atoms with van der Waals surface area (Å²) in [4.78, 5) is 7.18. The number of amidine groups is 1. The molecule has 2 heteroatoms. The van der Waals surface area contributed by atoms with Crippen molar-refractivity contribution >= 4 is 5.84 Å². The van der Waals surface area contributed by atoms with Crippen molar-refractivity contribution in [2.45, 2.75) is 51.6 Å². The minimum atomic E-state index is 0.638. The summed E-state index contributed by atoms with van der Waals surface area (Å²) in [7, 11) is 0. The van der Waals surface area contributed by atoms with Crippen molar-refractivity contribution in [3.05, 3.63) is 0 Å². The molecule has 2 atom stereocenters. The van der Waals surface area contributed by atoms with Crippen LogP contribution in [0.3, 0.4) is 0 Å². The average molecular weight is 166 g/mol. The number of hydrogen-bond donors (Lipinski definition) is 0. The van der Waals surface area contributed by atoms with Gasteiger partial charge in [0.15, 0.2) is 0 Å². The van der Waals surface area contributed by atoms with Crippen LogP contribution in [0.25, 0.3) is 0 Å². The molecule has 1 saturated carbocycles. The van der Waals surface area contributed by atoms with Gasteiger partial charge in [-0.05, 0) is 26.7 Å². The highest BCUT2D eigenvalue weighted by Crippen LogP contribution is 2.30. The zero-order valence-corrected chi connectivity index (χ0v) is 8.08. The molecule has 2 unspecified atom stereocenters. The van der Waals surface area contributed by atoms with Crippen LogP contribution in [0.5, 0.6) is 0 Å². The van der Waals surface area contributed by atoms with Gasteiger partial charge in [-0.2, -0.15) is 0 Å². The molecule has 12 heavy (non-hydrogen) atoms. The third-order valence-corrected chi connectivity index (χ3v) is 3.20. The van der Waals surface area contributed by atoms with E-state index in [1.54, 1.807) is 0 Å². The van der Waals surface area contributed by atoms with E-state index in [1.165, 1.54) is 31.5 Å². The van der Waals surface area contributed by atoms with Gasteiger partial charge >= 0.3 is 0 Å². The molecule has 1 heterocycles. The van der Waals surface area contributed by atoms with Gasteiger partial charge in [0, 0.05) is 6.54 Å². The Bertz CT molecular complexity index is 198. The van der Waals surface area contributed by atoms with Gasteiger partial charge in [0.1, 0.15) is 0 Å². The van der Waals surface area contributed by atoms with Gasteiger partial charge in [-0.25, -0.2) is 0 Å². The molecular weight excluding hydrogens is 148 g/mol. The van der Waals surface area contributed by atoms with Crippen LogP contribution >= 0.6 is 0 Å². The van der Waals surface area contributed by atoms with Crippen molar-refractivity contribution in [1.82, 2.24) is 4.90 Å². The van der Waals surface area contributed by atoms with Crippen molar-refractivity contribution in [3.63, 3.8) is 0 Å². The Hall–Kier alpha value is -0.530. The highest BCUT2D eigenvalue weighted by atomic mass is 15.3. The minimum Gasteiger partial charge on any atom is -0.356 e. The monoisotopic (exact) mass is 166 g/mol. The molecule has 0 N–H and O–H groups in total. The molecule has 1 aliphatic carbocycles. The van der Waals surface area contributed by atoms with Crippen molar-refractivity contribution in [2.75, 3.05) is 6.54 Å². The third kappa shape index (κ3) is 1.13. The van der Waals surface area contributed by atoms with Gasteiger partial charge in [-0.1, -0.05) is 12.8 Å². The molecular formula is C10H18N2. The van der Waals surface area contributed by atoms with E-state index >= 15 is 0 Å². The average Bonchev–Trinajstić information content (AvgIpc) is 2.40. The van der Waals surface area contributed by atoms with Crippen molar-refractivity contribution < 1.29 is 0 Å². The number of fused-ring (bicyclic) bond motifs is 1. The van der Waals surface area contributed by atoms with E-state index < -0.39 is 0 Å². The van der Waals surface area contributed by atoms with Crippen LogP contribution in [-0.4, -0.2) is 29.4 Å². The summed E-state index contributed by atoms with van der Waals surface area (Å²) in [6.45, 7) is 5.52. The zero-order chi connectivity index (χ0) is 8.55. The summed E-state index contributed by atoms with van der Waals surface area (Å²) >= 11 is 0. The lowest BCUT2D eigenvalue weighted by molar-refractivity contribution is 0.252. The van der Waals surface area contributed by atoms with E-state index in [-0.39, 0.29) is 0 Å². The summed E-state index contributed by atoms with van der Waals surface area (Å²) in [6.07, 6.45) is 5.47. The maximum Gasteiger partial charge on any atom is 0.0965 e. The number of likely N-dealkylation sites (N-methyl/N-ethyl adjacent to an activating group) is 1. The highest BCUT2D eigenvalue weighted by molar-refractivity contribution is 5.82. The first kappa shape index (κ1) is 8.09. The van der Waals surface area contributed by atoms with E-state index in [9.17, 15) is 0 Å². The first-order valence-corrected chi connectivity index (χ1v) is 5.14. The molecule has 1 fully saturated rings. The molecule has 0 amide bonds. The Morgan fingerprint density at radius 2 is 2.17 bits per heavy atom. The fourth-order valence-corrected chi connectivity index (χ4v) is 2.62. The van der Waals surface area contributed by atoms with Crippen molar-refractivity contribution in [1.29, 1.82) is 0 Å². The van der Waals surface area contributed by atoms with Crippen LogP contribution in [0, 0.1) is 0 Å². The Morgan fingerprint density at radius 1 is 1.42 bits per heavy atom. The largest absolute Gasteiger partial charge is 0.356 e. The van der Waals surface area contributed by atoms with Crippen LogP contribution < -0.4 is 0 Å². The molecule has 68 valence electrons. The van der Waals surface area contributed by atoms with Crippen molar-refractivity contribution in [3.8, 4) is 0 Å². The normalized spacial score (nSPS) is 34.8. The Kier molecular flexibility index (Phi) is 2.07. The Balaban J connectivity index is 2.12. The second-order valence-corrected chi connectivity index (χ2v) is 3.88. The molecule has 1 aliphatic heterocycles. The van der Waals surface area contributed by atoms with Crippen LogP contribution in [0.2, 0.25) is 0 Å². The van der Waals surface area contributed by atoms with E-state index in [0.29, 0.717) is 6.04 Å². The summed E-state index contributed by atoms with van der Waals surface area (Å²) < 4.78 is 0. The quantitative estimate of drug-likeness (QED) is 0.582. The van der Waals surface area contributed by atoms with E-state index in [2.05, 4.69) is 18.7 Å². The van der Waals surface area contributed by atoms with E-state index in [0.717, 1.165) is 12.6 Å². The summed E-state index contributed by atoms with van der Waals surface area (Å²) in [5.41, 5.74) is 0. The Labute approximate surface area is 74.7 Å². The number of rotatable bonds is 1. The predicted molar refractivity (Wildman–Crippen MR) is 51.5 cm³/mol.